The van der Waals surface area contributed by atoms with Crippen LogP contribution in [0.3, 0.4) is 0 Å². The van der Waals surface area contributed by atoms with Gasteiger partial charge in [-0.1, -0.05) is 75.7 Å². The van der Waals surface area contributed by atoms with E-state index in [1.807, 2.05) is 6.08 Å². The average molecular weight is 983 g/mol. The van der Waals surface area contributed by atoms with E-state index in [0.29, 0.717) is 43.9 Å². The highest BCUT2D eigenvalue weighted by Gasteiger charge is 2.59. The number of ether oxygens (including phenoxy) is 6. The van der Waals surface area contributed by atoms with E-state index < -0.39 is 51.7 Å². The molecule has 24 atom stereocenters. The van der Waals surface area contributed by atoms with Crippen LogP contribution in [0.4, 0.5) is 0 Å². The molecule has 7 rings (SSSR count). The Morgan fingerprint density at radius 1 is 0.783 bits per heavy atom. The lowest BCUT2D eigenvalue weighted by atomic mass is 9.78. The van der Waals surface area contributed by atoms with Gasteiger partial charge in [0.05, 0.1) is 70.0 Å². The SMILES string of the molecule is C=C1CC2/C=C/C(=O)C[C@H]3OC4[C@@H](O[C@H]5CCC(CC(=O)C[C@@H]6[C@@H](C)[C@@H](C[C@H](C)CCPP)O[C@H]6CC6O[C@@H](CCC1O2)C[C@@H](C)C6=C)O[C@@H]5[C@@H]4OP(P)P)[C@H]3OP(P)P. The van der Waals surface area contributed by atoms with E-state index in [1.165, 1.54) is 12.6 Å². The third-order valence-corrected chi connectivity index (χ3v) is 18.0. The Bertz CT molecular complexity index is 1560. The monoisotopic (exact) mass is 982 g/mol. The molecule has 7 aliphatic rings. The second kappa shape index (κ2) is 22.7. The summed E-state index contributed by atoms with van der Waals surface area (Å²) in [6, 6.07) is 0. The van der Waals surface area contributed by atoms with Crippen LogP contribution >= 0.6 is 68.0 Å². The van der Waals surface area contributed by atoms with Crippen LogP contribution in [0.5, 0.6) is 0 Å². The minimum absolute atomic E-state index is 0.0583. The predicted molar refractivity (Wildman–Crippen MR) is 261 cm³/mol. The third-order valence-electron chi connectivity index (χ3n) is 14.1. The first kappa shape index (κ1) is 49.6. The van der Waals surface area contributed by atoms with Crippen molar-refractivity contribution in [2.45, 2.75) is 183 Å². The van der Waals surface area contributed by atoms with Gasteiger partial charge < -0.3 is 37.5 Å². The highest BCUT2D eigenvalue weighted by atomic mass is 32.4. The topological polar surface area (TPSA) is 108 Å². The van der Waals surface area contributed by atoms with Crippen LogP contribution in [-0.2, 0) is 47.1 Å². The Morgan fingerprint density at radius 2 is 1.50 bits per heavy atom. The zero-order valence-electron chi connectivity index (χ0n) is 35.5. The van der Waals surface area contributed by atoms with Crippen molar-refractivity contribution in [3.05, 3.63) is 36.5 Å². The summed E-state index contributed by atoms with van der Waals surface area (Å²) >= 11 is 0. The lowest BCUT2D eigenvalue weighted by Gasteiger charge is -2.48. The molecule has 60 heavy (non-hydrogen) atoms. The first-order chi connectivity index (χ1) is 28.7. The standard InChI is InChI=1S/C42H70O10P8/c1-21(12-13-58-53)14-34-25(5)31-18-27(44)17-30-9-11-33-38(47-30)42(52-60(56)57)41-40(49-33)39(51-59(54)55)37(50-41)19-26(43)6-7-28-16-23(3)32(45-28)10-8-29-15-22(2)24(4)35(46-29)20-36(31)48-34/h6-7,21-22,25,28-42,58H,3-4,8-20,53-57H2,1-2,5H3/b7-6+/t21-,22-,25-,28?,29+,30?,31-,32?,33+,34-,35?,36+,37-,38+,39+,40+,41?,42+/m1/s1. The molecule has 338 valence electrons. The summed E-state index contributed by atoms with van der Waals surface area (Å²) in [5.41, 5.74) is 2.17. The van der Waals surface area contributed by atoms with E-state index >= 15 is 0 Å². The molecule has 8 bridgehead atoms. The van der Waals surface area contributed by atoms with Gasteiger partial charge in [0.25, 0.3) is 0 Å². The zero-order valence-corrected chi connectivity index (χ0v) is 44.1. The molecule has 0 spiro atoms. The third kappa shape index (κ3) is 12.4. The van der Waals surface area contributed by atoms with Crippen LogP contribution in [-0.4, -0.2) is 103 Å². The Balaban J connectivity index is 1.15. The number of ketones is 2. The molecule has 11 unspecified atom stereocenters. The smallest absolute Gasteiger partial charge is 0.158 e. The number of carbonyl (C=O) groups is 2. The number of allylic oxidation sites excluding steroid dienone is 1. The summed E-state index contributed by atoms with van der Waals surface area (Å²) in [4.78, 5) is 27.9. The molecule has 0 aliphatic carbocycles. The molecule has 0 aromatic rings. The molecule has 7 heterocycles. The minimum atomic E-state index is -0.962. The van der Waals surface area contributed by atoms with E-state index in [0.717, 1.165) is 51.5 Å². The summed E-state index contributed by atoms with van der Waals surface area (Å²) < 4.78 is 54.0. The van der Waals surface area contributed by atoms with E-state index in [2.05, 4.69) is 78.6 Å². The quantitative estimate of drug-likeness (QED) is 0.164. The van der Waals surface area contributed by atoms with Gasteiger partial charge in [0.2, 0.25) is 0 Å². The largest absolute Gasteiger partial charge is 0.374 e. The lowest BCUT2D eigenvalue weighted by Crippen LogP contribution is -2.61. The number of Topliss-reactive ketones (excluding diaryl/α,β-unsaturated/α-hetero) is 1. The fourth-order valence-corrected chi connectivity index (χ4v) is 14.8. The van der Waals surface area contributed by atoms with Crippen molar-refractivity contribution in [1.82, 2.24) is 0 Å². The summed E-state index contributed by atoms with van der Waals surface area (Å²) in [6.07, 6.45) is 9.39. The molecule has 10 nitrogen and oxygen atoms in total. The highest BCUT2D eigenvalue weighted by Crippen LogP contribution is 2.60. The molecule has 0 aromatic heterocycles. The summed E-state index contributed by atoms with van der Waals surface area (Å²) in [5.74, 6) is 1.31. The molecule has 0 radical (unpaired) electrons. The Labute approximate surface area is 374 Å². The van der Waals surface area contributed by atoms with Crippen molar-refractivity contribution in [3.63, 3.8) is 0 Å². The van der Waals surface area contributed by atoms with E-state index in [4.69, 9.17) is 37.5 Å². The van der Waals surface area contributed by atoms with Crippen molar-refractivity contribution in [3.8, 4) is 0 Å². The van der Waals surface area contributed by atoms with Gasteiger partial charge in [-0.25, -0.2) is 0 Å². The van der Waals surface area contributed by atoms with Crippen molar-refractivity contribution < 1.29 is 47.1 Å². The molecule has 18 heteroatoms. The molecule has 0 amide bonds. The number of rotatable bonds is 9. The molecule has 6 fully saturated rings. The van der Waals surface area contributed by atoms with Gasteiger partial charge in [-0.05, 0) is 92.0 Å². The van der Waals surface area contributed by atoms with Gasteiger partial charge in [-0.3, -0.25) is 9.59 Å². The van der Waals surface area contributed by atoms with Gasteiger partial charge in [0.1, 0.15) is 36.3 Å². The predicted octanol–water partition coefficient (Wildman–Crippen LogP) is 9.81. The zero-order chi connectivity index (χ0) is 42.8. The first-order valence-corrected chi connectivity index (χ1v) is 34.1. The maximum absolute atomic E-state index is 14.3. The summed E-state index contributed by atoms with van der Waals surface area (Å²) in [5, 5.41) is 0. The first-order valence-electron chi connectivity index (χ1n) is 22.0. The molecule has 7 aliphatic heterocycles. The maximum Gasteiger partial charge on any atom is 0.158 e. The normalized spacial score (nSPS) is 44.2. The van der Waals surface area contributed by atoms with Crippen LogP contribution in [0.15, 0.2) is 36.5 Å². The number of carbonyl (C=O) groups excluding carboxylic acids is 2. The maximum atomic E-state index is 14.3. The van der Waals surface area contributed by atoms with Crippen LogP contribution in [0.25, 0.3) is 0 Å². The summed E-state index contributed by atoms with van der Waals surface area (Å²) in [7, 11) is 12.8. The van der Waals surface area contributed by atoms with Crippen molar-refractivity contribution in [2.24, 2.45) is 23.7 Å². The minimum Gasteiger partial charge on any atom is -0.374 e. The van der Waals surface area contributed by atoms with Crippen molar-refractivity contribution in [2.75, 3.05) is 6.16 Å². The molecule has 0 saturated carbocycles. The van der Waals surface area contributed by atoms with E-state index in [9.17, 15) is 9.59 Å². The number of fused-ring (bicyclic) bond motifs is 7. The Morgan fingerprint density at radius 3 is 2.25 bits per heavy atom. The Hall–Kier alpha value is 1.68. The lowest BCUT2D eigenvalue weighted by molar-refractivity contribution is -0.251. The fraction of sp³-hybridized carbons (Fsp3) is 0.810. The van der Waals surface area contributed by atoms with Crippen molar-refractivity contribution >= 4 is 79.5 Å². The fourth-order valence-electron chi connectivity index (χ4n) is 10.9. The van der Waals surface area contributed by atoms with Crippen LogP contribution in [0.2, 0.25) is 0 Å². The van der Waals surface area contributed by atoms with Gasteiger partial charge in [0.15, 0.2) is 5.78 Å². The highest BCUT2D eigenvalue weighted by molar-refractivity contribution is 8.41. The van der Waals surface area contributed by atoms with E-state index in [-0.39, 0.29) is 78.7 Å². The van der Waals surface area contributed by atoms with Gasteiger partial charge in [-0.2, -0.15) is 0 Å². The van der Waals surface area contributed by atoms with E-state index in [1.54, 1.807) is 6.08 Å². The number of hydrogen-bond acceptors (Lipinski definition) is 10. The average Bonchev–Trinajstić information content (AvgIpc) is 3.81. The van der Waals surface area contributed by atoms with Crippen LogP contribution < -0.4 is 0 Å². The van der Waals surface area contributed by atoms with Crippen LogP contribution in [0.1, 0.15) is 97.8 Å². The molecular formula is C42H70O10P8. The molecule has 0 N–H and O–H groups in total. The van der Waals surface area contributed by atoms with Crippen LogP contribution in [0, 0.1) is 23.7 Å². The van der Waals surface area contributed by atoms with Gasteiger partial charge in [0, 0.05) is 32.1 Å². The van der Waals surface area contributed by atoms with Crippen molar-refractivity contribution in [1.29, 1.82) is 0 Å². The molecular weight excluding hydrogens is 912 g/mol. The molecule has 0 aromatic carbocycles. The van der Waals surface area contributed by atoms with Gasteiger partial charge >= 0.3 is 0 Å². The number of hydrogen-bond donors (Lipinski definition) is 0. The molecule has 6 saturated heterocycles. The Kier molecular flexibility index (Phi) is 18.7. The second-order valence-electron chi connectivity index (χ2n) is 18.5. The second-order valence-corrected chi connectivity index (χ2v) is 32.2. The van der Waals surface area contributed by atoms with Gasteiger partial charge in [-0.15, -0.1) is 17.2 Å². The summed E-state index contributed by atoms with van der Waals surface area (Å²) in [6.45, 7) is 15.8.